The molecule has 0 fully saturated rings. The summed E-state index contributed by atoms with van der Waals surface area (Å²) in [5.41, 5.74) is 1.29. The predicted molar refractivity (Wildman–Crippen MR) is 61.1 cm³/mol. The number of hydrogen-bond acceptors (Lipinski definition) is 1. The summed E-state index contributed by atoms with van der Waals surface area (Å²) in [5.74, 6) is 0. The van der Waals surface area contributed by atoms with E-state index in [1.54, 1.807) is 22.9 Å². The maximum absolute atomic E-state index is 11.1. The molecule has 2 aromatic rings. The topological polar surface area (TPSA) is 37.8 Å². The number of aryl methyl sites for hydroxylation is 1. The van der Waals surface area contributed by atoms with Gasteiger partial charge >= 0.3 is 0 Å². The van der Waals surface area contributed by atoms with Crippen molar-refractivity contribution in [3.8, 4) is 5.69 Å². The number of hydrogen-bond donors (Lipinski definition) is 1. The van der Waals surface area contributed by atoms with Crippen LogP contribution in [0.15, 0.2) is 29.1 Å². The fraction of sp³-hybridized carbons (Fsp3) is 0.100. The Balaban J connectivity index is 2.69. The molecule has 1 heterocycles. The zero-order chi connectivity index (χ0) is 11.0. The second-order valence-electron chi connectivity index (χ2n) is 3.17. The number of halogens is 2. The maximum atomic E-state index is 11.1. The zero-order valence-electron chi connectivity index (χ0n) is 7.92. The van der Waals surface area contributed by atoms with Crippen LogP contribution in [0.25, 0.3) is 5.69 Å². The van der Waals surface area contributed by atoms with E-state index in [4.69, 9.17) is 23.2 Å². The molecular weight excluding hydrogens is 235 g/mol. The van der Waals surface area contributed by atoms with Gasteiger partial charge in [0.1, 0.15) is 0 Å². The van der Waals surface area contributed by atoms with E-state index in [1.165, 1.54) is 6.07 Å². The van der Waals surface area contributed by atoms with Gasteiger partial charge in [0.15, 0.2) is 0 Å². The normalized spacial score (nSPS) is 10.6. The molecule has 0 aliphatic rings. The van der Waals surface area contributed by atoms with Crippen LogP contribution in [0.4, 0.5) is 0 Å². The lowest BCUT2D eigenvalue weighted by molar-refractivity contribution is 0.835. The summed E-state index contributed by atoms with van der Waals surface area (Å²) < 4.78 is 1.61. The molecule has 0 unspecified atom stereocenters. The highest BCUT2D eigenvalue weighted by Gasteiger charge is 2.08. The Morgan fingerprint density at radius 1 is 1.33 bits per heavy atom. The van der Waals surface area contributed by atoms with E-state index in [0.29, 0.717) is 15.7 Å². The lowest BCUT2D eigenvalue weighted by Crippen LogP contribution is -2.04. The van der Waals surface area contributed by atoms with E-state index in [0.717, 1.165) is 5.69 Å². The third-order valence-electron chi connectivity index (χ3n) is 2.09. The molecule has 0 spiro atoms. The molecule has 3 nitrogen and oxygen atoms in total. The first-order valence-electron chi connectivity index (χ1n) is 4.32. The highest BCUT2D eigenvalue weighted by Crippen LogP contribution is 2.28. The minimum atomic E-state index is -0.163. The van der Waals surface area contributed by atoms with Crippen molar-refractivity contribution in [3.63, 3.8) is 0 Å². The molecule has 5 heteroatoms. The summed E-state index contributed by atoms with van der Waals surface area (Å²) in [5, 5.41) is 3.53. The minimum Gasteiger partial charge on any atom is -0.268 e. The van der Waals surface area contributed by atoms with Gasteiger partial charge in [-0.15, -0.1) is 0 Å². The lowest BCUT2D eigenvalue weighted by atomic mass is 10.3. The highest BCUT2D eigenvalue weighted by atomic mass is 35.5. The minimum absolute atomic E-state index is 0.163. The molecule has 78 valence electrons. The van der Waals surface area contributed by atoms with E-state index in [-0.39, 0.29) is 5.56 Å². The van der Waals surface area contributed by atoms with Crippen LogP contribution in [0.2, 0.25) is 10.0 Å². The average Bonchev–Trinajstić information content (AvgIpc) is 2.50. The summed E-state index contributed by atoms with van der Waals surface area (Å²) in [6, 6.07) is 6.76. The Bertz CT molecular complexity index is 557. The van der Waals surface area contributed by atoms with Crippen LogP contribution in [-0.2, 0) is 0 Å². The summed E-state index contributed by atoms with van der Waals surface area (Å²) in [6.07, 6.45) is 0. The molecule has 0 aliphatic carbocycles. The first-order valence-corrected chi connectivity index (χ1v) is 5.08. The smallest absolute Gasteiger partial charge is 0.264 e. The van der Waals surface area contributed by atoms with Crippen LogP contribution in [0, 0.1) is 6.92 Å². The maximum Gasteiger partial charge on any atom is 0.264 e. The Hall–Kier alpha value is -1.19. The van der Waals surface area contributed by atoms with Crippen molar-refractivity contribution >= 4 is 23.2 Å². The monoisotopic (exact) mass is 242 g/mol. The standard InChI is InChI=1S/C10H8Cl2N2O/c1-6-5-9(15)13-14(6)8-4-2-3-7(11)10(8)12/h2-5H,1H3,(H,13,15). The Morgan fingerprint density at radius 2 is 2.07 bits per heavy atom. The van der Waals surface area contributed by atoms with E-state index >= 15 is 0 Å². The first-order chi connectivity index (χ1) is 7.09. The number of rotatable bonds is 1. The molecule has 0 aliphatic heterocycles. The van der Waals surface area contributed by atoms with Crippen molar-refractivity contribution in [2.75, 3.05) is 0 Å². The van der Waals surface area contributed by atoms with Gasteiger partial charge in [-0.05, 0) is 19.1 Å². The fourth-order valence-corrected chi connectivity index (χ4v) is 1.78. The Morgan fingerprint density at radius 3 is 2.67 bits per heavy atom. The van der Waals surface area contributed by atoms with Gasteiger partial charge in [-0.1, -0.05) is 29.3 Å². The van der Waals surface area contributed by atoms with Gasteiger partial charge < -0.3 is 0 Å². The van der Waals surface area contributed by atoms with E-state index < -0.39 is 0 Å². The van der Waals surface area contributed by atoms with E-state index in [2.05, 4.69) is 5.10 Å². The van der Waals surface area contributed by atoms with Crippen molar-refractivity contribution in [1.82, 2.24) is 9.78 Å². The first kappa shape index (κ1) is 10.3. The number of H-pyrrole nitrogens is 1. The largest absolute Gasteiger partial charge is 0.268 e. The predicted octanol–water partition coefficient (Wildman–Crippen LogP) is 2.78. The van der Waals surface area contributed by atoms with Gasteiger partial charge in [-0.25, -0.2) is 0 Å². The average molecular weight is 243 g/mol. The van der Waals surface area contributed by atoms with Gasteiger partial charge in [0, 0.05) is 11.8 Å². The zero-order valence-corrected chi connectivity index (χ0v) is 9.43. The summed E-state index contributed by atoms with van der Waals surface area (Å²) in [7, 11) is 0. The summed E-state index contributed by atoms with van der Waals surface area (Å²) in [4.78, 5) is 11.1. The van der Waals surface area contributed by atoms with Crippen LogP contribution in [0.5, 0.6) is 0 Å². The molecule has 0 saturated carbocycles. The van der Waals surface area contributed by atoms with E-state index in [9.17, 15) is 4.79 Å². The lowest BCUT2D eigenvalue weighted by Gasteiger charge is -2.08. The number of nitrogens with one attached hydrogen (secondary N) is 1. The van der Waals surface area contributed by atoms with Gasteiger partial charge in [0.25, 0.3) is 5.56 Å². The molecule has 0 saturated heterocycles. The third-order valence-corrected chi connectivity index (χ3v) is 2.90. The molecule has 1 aromatic carbocycles. The van der Waals surface area contributed by atoms with E-state index in [1.807, 2.05) is 6.92 Å². The van der Waals surface area contributed by atoms with Gasteiger partial charge in [-0.2, -0.15) is 0 Å². The molecule has 1 aromatic heterocycles. The van der Waals surface area contributed by atoms with Crippen molar-refractivity contribution in [1.29, 1.82) is 0 Å². The van der Waals surface area contributed by atoms with Gasteiger partial charge in [0.05, 0.1) is 15.7 Å². The third kappa shape index (κ3) is 1.80. The van der Waals surface area contributed by atoms with Crippen molar-refractivity contribution < 1.29 is 0 Å². The number of aromatic amines is 1. The number of nitrogens with zero attached hydrogens (tertiary/aromatic N) is 1. The molecular formula is C10H8Cl2N2O. The van der Waals surface area contributed by atoms with Crippen molar-refractivity contribution in [2.45, 2.75) is 6.92 Å². The fourth-order valence-electron chi connectivity index (χ4n) is 1.40. The molecule has 0 bridgehead atoms. The summed E-state index contributed by atoms with van der Waals surface area (Å²) in [6.45, 7) is 1.81. The quantitative estimate of drug-likeness (QED) is 0.821. The van der Waals surface area contributed by atoms with Crippen LogP contribution < -0.4 is 5.56 Å². The van der Waals surface area contributed by atoms with Gasteiger partial charge in [0.2, 0.25) is 0 Å². The molecule has 0 radical (unpaired) electrons. The molecule has 0 atom stereocenters. The Kier molecular flexibility index (Phi) is 2.59. The Labute approximate surface area is 96.2 Å². The van der Waals surface area contributed by atoms with Crippen molar-refractivity contribution in [2.24, 2.45) is 0 Å². The molecule has 2 rings (SSSR count). The van der Waals surface area contributed by atoms with Crippen LogP contribution in [-0.4, -0.2) is 9.78 Å². The van der Waals surface area contributed by atoms with Crippen LogP contribution in [0.1, 0.15) is 5.69 Å². The molecule has 0 amide bonds. The summed E-state index contributed by atoms with van der Waals surface area (Å²) >= 11 is 11.9. The highest BCUT2D eigenvalue weighted by molar-refractivity contribution is 6.43. The number of benzene rings is 1. The number of aromatic nitrogens is 2. The second-order valence-corrected chi connectivity index (χ2v) is 3.96. The molecule has 15 heavy (non-hydrogen) atoms. The van der Waals surface area contributed by atoms with Crippen LogP contribution in [0.3, 0.4) is 0 Å². The SMILES string of the molecule is Cc1cc(=O)[nH]n1-c1cccc(Cl)c1Cl. The van der Waals surface area contributed by atoms with Crippen LogP contribution >= 0.6 is 23.2 Å². The van der Waals surface area contributed by atoms with Gasteiger partial charge in [-0.3, -0.25) is 14.6 Å². The molecule has 1 N–H and O–H groups in total. The second kappa shape index (κ2) is 3.76. The van der Waals surface area contributed by atoms with Crippen molar-refractivity contribution in [3.05, 3.63) is 50.4 Å².